The molecule has 1 unspecified atom stereocenters. The molecule has 1 aliphatic rings. The summed E-state index contributed by atoms with van der Waals surface area (Å²) in [5.74, 6) is 0.107. The highest BCUT2D eigenvalue weighted by atomic mass is 32.2. The molecule has 3 heterocycles. The molecule has 2 aromatic heterocycles. The molecule has 0 bridgehead atoms. The summed E-state index contributed by atoms with van der Waals surface area (Å²) in [4.78, 5) is 17.9. The molecule has 5 aromatic rings. The molecule has 1 aliphatic heterocycles. The van der Waals surface area contributed by atoms with E-state index in [0.29, 0.717) is 73.8 Å². The maximum atomic E-state index is 14.5. The minimum Gasteiger partial charge on any atom is -0.494 e. The number of ether oxygens (including phenoxy) is 1. The summed E-state index contributed by atoms with van der Waals surface area (Å²) in [6.07, 6.45) is 3.06. The topological polar surface area (TPSA) is 114 Å². The Hall–Kier alpha value is -4.90. The molecule has 11 heteroatoms. The summed E-state index contributed by atoms with van der Waals surface area (Å²) < 4.78 is 53.4. The SMILES string of the molecule is CNC(=O)c1c(-c2ccc(C)cc2)oc2cc(N(C)S(C)(=O)=O)c(-c3cc(C4Cc5c(F)cccc5N4)ncc3OC)cc12. The summed E-state index contributed by atoms with van der Waals surface area (Å²) in [6, 6.07) is 17.3. The molecule has 1 atom stereocenters. The van der Waals surface area contributed by atoms with Gasteiger partial charge < -0.3 is 19.8 Å². The second-order valence-electron chi connectivity index (χ2n) is 10.8. The van der Waals surface area contributed by atoms with Crippen LogP contribution in [0, 0.1) is 12.7 Å². The molecule has 9 nitrogen and oxygen atoms in total. The molecule has 0 saturated carbocycles. The van der Waals surface area contributed by atoms with Crippen LogP contribution in [0.1, 0.15) is 33.2 Å². The number of hydrogen-bond acceptors (Lipinski definition) is 7. The van der Waals surface area contributed by atoms with Crippen LogP contribution in [-0.4, -0.2) is 46.8 Å². The lowest BCUT2D eigenvalue weighted by molar-refractivity contribution is 0.0964. The van der Waals surface area contributed by atoms with Gasteiger partial charge in [-0.3, -0.25) is 14.1 Å². The number of aryl methyl sites for hydroxylation is 1. The molecule has 44 heavy (non-hydrogen) atoms. The Morgan fingerprint density at radius 3 is 2.55 bits per heavy atom. The second kappa shape index (κ2) is 11.0. The van der Waals surface area contributed by atoms with Crippen LogP contribution in [0.15, 0.2) is 71.3 Å². The van der Waals surface area contributed by atoms with E-state index in [1.807, 2.05) is 43.3 Å². The molecule has 0 fully saturated rings. The Labute approximate surface area is 254 Å². The smallest absolute Gasteiger partial charge is 0.255 e. The second-order valence-corrected chi connectivity index (χ2v) is 12.8. The van der Waals surface area contributed by atoms with Gasteiger partial charge in [0.1, 0.15) is 22.9 Å². The predicted molar refractivity (Wildman–Crippen MR) is 169 cm³/mol. The average molecular weight is 615 g/mol. The van der Waals surface area contributed by atoms with Crippen molar-refractivity contribution in [1.29, 1.82) is 0 Å². The van der Waals surface area contributed by atoms with Crippen LogP contribution in [0.2, 0.25) is 0 Å². The highest BCUT2D eigenvalue weighted by Crippen LogP contribution is 2.45. The Morgan fingerprint density at radius 1 is 1.14 bits per heavy atom. The number of anilines is 2. The van der Waals surface area contributed by atoms with E-state index >= 15 is 0 Å². The standard InChI is InChI=1S/C33H31FN4O5S/c1-18-9-11-19(12-10-18)32-31(33(39)35-2)23-13-20(28(16-29(23)43-32)38(3)44(5,40)41)21-14-26(36-17-30(21)42-4)27-15-22-24(34)7-6-8-25(22)37-27/h6-14,16-17,27,37H,15H2,1-5H3,(H,35,39). The van der Waals surface area contributed by atoms with Gasteiger partial charge in [-0.1, -0.05) is 35.9 Å². The van der Waals surface area contributed by atoms with Gasteiger partial charge in [0, 0.05) is 59.9 Å². The van der Waals surface area contributed by atoms with Gasteiger partial charge in [-0.2, -0.15) is 0 Å². The summed E-state index contributed by atoms with van der Waals surface area (Å²) in [5, 5.41) is 6.54. The fraction of sp³-hybridized carbons (Fsp3) is 0.212. The molecule has 6 rings (SSSR count). The van der Waals surface area contributed by atoms with Crippen molar-refractivity contribution in [2.75, 3.05) is 37.1 Å². The molecular formula is C33H31FN4O5S. The number of carbonyl (C=O) groups is 1. The number of hydrogen-bond donors (Lipinski definition) is 2. The number of methoxy groups -OCH3 is 1. The summed E-state index contributed by atoms with van der Waals surface area (Å²) >= 11 is 0. The number of furan rings is 1. The van der Waals surface area contributed by atoms with Crippen molar-refractivity contribution in [3.05, 3.63) is 95.1 Å². The lowest BCUT2D eigenvalue weighted by atomic mass is 9.96. The van der Waals surface area contributed by atoms with Gasteiger partial charge in [-0.15, -0.1) is 0 Å². The molecule has 3 aromatic carbocycles. The Kier molecular flexibility index (Phi) is 7.28. The minimum absolute atomic E-state index is 0.292. The zero-order valence-electron chi connectivity index (χ0n) is 24.9. The van der Waals surface area contributed by atoms with E-state index in [1.165, 1.54) is 20.2 Å². The van der Waals surface area contributed by atoms with Gasteiger partial charge >= 0.3 is 0 Å². The number of aromatic nitrogens is 1. The Bertz CT molecular complexity index is 2040. The van der Waals surface area contributed by atoms with Gasteiger partial charge in [0.15, 0.2) is 0 Å². The van der Waals surface area contributed by atoms with Crippen LogP contribution in [0.3, 0.4) is 0 Å². The monoisotopic (exact) mass is 614 g/mol. The van der Waals surface area contributed by atoms with Crippen molar-refractivity contribution in [3.63, 3.8) is 0 Å². The Balaban J connectivity index is 1.60. The zero-order chi connectivity index (χ0) is 31.3. The first kappa shape index (κ1) is 29.2. The van der Waals surface area contributed by atoms with E-state index in [9.17, 15) is 17.6 Å². The van der Waals surface area contributed by atoms with Gasteiger partial charge in [-0.25, -0.2) is 12.8 Å². The number of halogens is 1. The van der Waals surface area contributed by atoms with E-state index < -0.39 is 10.0 Å². The van der Waals surface area contributed by atoms with E-state index in [-0.39, 0.29) is 17.8 Å². The molecule has 1 amide bonds. The van der Waals surface area contributed by atoms with Gasteiger partial charge in [0.05, 0.1) is 42.5 Å². The molecule has 2 N–H and O–H groups in total. The highest BCUT2D eigenvalue weighted by molar-refractivity contribution is 7.92. The van der Waals surface area contributed by atoms with Gasteiger partial charge in [0.25, 0.3) is 5.91 Å². The maximum Gasteiger partial charge on any atom is 0.255 e. The molecule has 0 radical (unpaired) electrons. The fourth-order valence-electron chi connectivity index (χ4n) is 5.59. The number of sulfonamides is 1. The van der Waals surface area contributed by atoms with E-state index in [2.05, 4.69) is 15.6 Å². The van der Waals surface area contributed by atoms with Crippen LogP contribution in [0.5, 0.6) is 5.75 Å². The largest absolute Gasteiger partial charge is 0.494 e. The molecule has 0 spiro atoms. The first-order valence-electron chi connectivity index (χ1n) is 13.9. The first-order valence-corrected chi connectivity index (χ1v) is 15.8. The van der Waals surface area contributed by atoms with Crippen LogP contribution < -0.4 is 19.7 Å². The van der Waals surface area contributed by atoms with Crippen LogP contribution >= 0.6 is 0 Å². The molecular weight excluding hydrogens is 583 g/mol. The number of benzene rings is 3. The third-order valence-electron chi connectivity index (χ3n) is 8.02. The van der Waals surface area contributed by atoms with Crippen molar-refractivity contribution >= 4 is 38.3 Å². The van der Waals surface area contributed by atoms with Crippen molar-refractivity contribution in [2.24, 2.45) is 0 Å². The van der Waals surface area contributed by atoms with E-state index in [4.69, 9.17) is 9.15 Å². The van der Waals surface area contributed by atoms with Gasteiger partial charge in [0.2, 0.25) is 10.0 Å². The first-order chi connectivity index (χ1) is 21.0. The average Bonchev–Trinajstić information content (AvgIpc) is 3.62. The predicted octanol–water partition coefficient (Wildman–Crippen LogP) is 6.08. The molecule has 226 valence electrons. The number of fused-ring (bicyclic) bond motifs is 2. The Morgan fingerprint density at radius 2 is 1.89 bits per heavy atom. The summed E-state index contributed by atoms with van der Waals surface area (Å²) in [5.41, 5.74) is 5.64. The fourth-order valence-corrected chi connectivity index (χ4v) is 6.10. The number of rotatable bonds is 7. The summed E-state index contributed by atoms with van der Waals surface area (Å²) in [7, 11) is 0.777. The van der Waals surface area contributed by atoms with Crippen LogP contribution in [0.4, 0.5) is 15.8 Å². The third-order valence-corrected chi connectivity index (χ3v) is 9.22. The number of carbonyl (C=O) groups excluding carboxylic acids is 1. The molecule has 0 aliphatic carbocycles. The van der Waals surface area contributed by atoms with Crippen molar-refractivity contribution in [3.8, 4) is 28.2 Å². The summed E-state index contributed by atoms with van der Waals surface area (Å²) in [6.45, 7) is 1.97. The van der Waals surface area contributed by atoms with Gasteiger partial charge in [-0.05, 0) is 31.2 Å². The van der Waals surface area contributed by atoms with E-state index in [1.54, 1.807) is 31.4 Å². The van der Waals surface area contributed by atoms with Crippen LogP contribution in [-0.2, 0) is 16.4 Å². The lowest BCUT2D eigenvalue weighted by Crippen LogP contribution is -2.25. The van der Waals surface area contributed by atoms with Crippen LogP contribution in [0.25, 0.3) is 33.4 Å². The number of amides is 1. The number of nitrogens with zero attached hydrogens (tertiary/aromatic N) is 2. The van der Waals surface area contributed by atoms with Crippen molar-refractivity contribution in [1.82, 2.24) is 10.3 Å². The molecule has 0 saturated heterocycles. The van der Waals surface area contributed by atoms with Crippen molar-refractivity contribution in [2.45, 2.75) is 19.4 Å². The lowest BCUT2D eigenvalue weighted by Gasteiger charge is -2.22. The zero-order valence-corrected chi connectivity index (χ0v) is 25.7. The third kappa shape index (κ3) is 5.02. The highest BCUT2D eigenvalue weighted by Gasteiger charge is 2.29. The van der Waals surface area contributed by atoms with E-state index in [0.717, 1.165) is 16.1 Å². The quantitative estimate of drug-likeness (QED) is 0.228. The normalized spacial score (nSPS) is 14.3. The van der Waals surface area contributed by atoms with Crippen molar-refractivity contribution < 1.29 is 26.8 Å². The minimum atomic E-state index is -3.72. The number of pyridine rings is 1. The number of nitrogens with one attached hydrogen (secondary N) is 2. The maximum absolute atomic E-state index is 14.5.